The molecule has 3 atom stereocenters. The number of rotatable bonds is 4. The number of nitrogens with two attached hydrogens (primary N) is 1. The van der Waals surface area contributed by atoms with Gasteiger partial charge in [-0.1, -0.05) is 6.42 Å². The molecule has 0 aromatic heterocycles. The molecule has 0 aliphatic heterocycles. The number of carbonyl (C=O) groups excluding carboxylic acids is 1. The van der Waals surface area contributed by atoms with Crippen LogP contribution in [0.1, 0.15) is 33.1 Å². The van der Waals surface area contributed by atoms with Gasteiger partial charge in [0, 0.05) is 19.7 Å². The van der Waals surface area contributed by atoms with E-state index >= 15 is 0 Å². The molecule has 0 aromatic carbocycles. The largest absolute Gasteiger partial charge is 0.380 e. The van der Waals surface area contributed by atoms with E-state index in [0.29, 0.717) is 6.54 Å². The third-order valence-corrected chi connectivity index (χ3v) is 3.50. The fourth-order valence-electron chi connectivity index (χ4n) is 2.00. The zero-order valence-corrected chi connectivity index (χ0v) is 9.88. The summed E-state index contributed by atoms with van der Waals surface area (Å²) in [5.41, 5.74) is 5.58. The summed E-state index contributed by atoms with van der Waals surface area (Å²) in [4.78, 5) is 12.0. The summed E-state index contributed by atoms with van der Waals surface area (Å²) in [5.74, 6) is 0.0661. The molecule has 0 heterocycles. The molecule has 88 valence electrons. The van der Waals surface area contributed by atoms with Crippen molar-refractivity contribution in [3.05, 3.63) is 0 Å². The fourth-order valence-corrected chi connectivity index (χ4v) is 2.00. The Bertz CT molecular complexity index is 233. The average Bonchev–Trinajstić information content (AvgIpc) is 2.56. The lowest BCUT2D eigenvalue weighted by Crippen LogP contribution is -2.48. The van der Waals surface area contributed by atoms with Crippen molar-refractivity contribution in [1.82, 2.24) is 5.32 Å². The van der Waals surface area contributed by atoms with E-state index in [0.717, 1.165) is 19.3 Å². The van der Waals surface area contributed by atoms with Crippen LogP contribution in [-0.4, -0.2) is 31.7 Å². The standard InChI is InChI=1S/C11H22N2O2/c1-8(15-3)7-13-10(14)11(2)6-4-5-9(11)12/h8-9H,4-7,12H2,1-3H3,(H,13,14). The number of amides is 1. The van der Waals surface area contributed by atoms with Crippen LogP contribution in [0.2, 0.25) is 0 Å². The van der Waals surface area contributed by atoms with Crippen molar-refractivity contribution < 1.29 is 9.53 Å². The van der Waals surface area contributed by atoms with Gasteiger partial charge in [0.2, 0.25) is 5.91 Å². The molecule has 3 N–H and O–H groups in total. The molecule has 0 aromatic rings. The molecule has 1 rings (SSSR count). The summed E-state index contributed by atoms with van der Waals surface area (Å²) in [6, 6.07) is -0.00430. The van der Waals surface area contributed by atoms with E-state index in [9.17, 15) is 4.79 Å². The zero-order chi connectivity index (χ0) is 11.5. The molecule has 0 radical (unpaired) electrons. The third-order valence-electron chi connectivity index (χ3n) is 3.50. The van der Waals surface area contributed by atoms with Crippen LogP contribution in [-0.2, 0) is 9.53 Å². The van der Waals surface area contributed by atoms with E-state index in [1.807, 2.05) is 13.8 Å². The highest BCUT2D eigenvalue weighted by atomic mass is 16.5. The Labute approximate surface area is 91.5 Å². The highest BCUT2D eigenvalue weighted by Gasteiger charge is 2.42. The highest BCUT2D eigenvalue weighted by molar-refractivity contribution is 5.83. The van der Waals surface area contributed by atoms with Crippen LogP contribution in [0, 0.1) is 5.41 Å². The van der Waals surface area contributed by atoms with Crippen LogP contribution in [0.25, 0.3) is 0 Å². The molecule has 1 saturated carbocycles. The first kappa shape index (κ1) is 12.5. The van der Waals surface area contributed by atoms with Crippen molar-refractivity contribution in [3.8, 4) is 0 Å². The van der Waals surface area contributed by atoms with E-state index in [4.69, 9.17) is 10.5 Å². The first-order valence-corrected chi connectivity index (χ1v) is 5.57. The van der Waals surface area contributed by atoms with Gasteiger partial charge < -0.3 is 15.8 Å². The Morgan fingerprint density at radius 2 is 2.40 bits per heavy atom. The third kappa shape index (κ3) is 2.69. The number of hydrogen-bond acceptors (Lipinski definition) is 3. The summed E-state index contributed by atoms with van der Waals surface area (Å²) in [7, 11) is 1.64. The molecule has 15 heavy (non-hydrogen) atoms. The van der Waals surface area contributed by atoms with Crippen LogP contribution in [0.5, 0.6) is 0 Å². The van der Waals surface area contributed by atoms with Gasteiger partial charge in [0.25, 0.3) is 0 Å². The van der Waals surface area contributed by atoms with Crippen molar-refractivity contribution >= 4 is 5.91 Å². The first-order chi connectivity index (χ1) is 7.00. The fraction of sp³-hybridized carbons (Fsp3) is 0.909. The molecule has 4 heteroatoms. The van der Waals surface area contributed by atoms with Crippen molar-refractivity contribution in [2.45, 2.75) is 45.3 Å². The average molecular weight is 214 g/mol. The van der Waals surface area contributed by atoms with E-state index in [-0.39, 0.29) is 23.5 Å². The summed E-state index contributed by atoms with van der Waals surface area (Å²) in [6.07, 6.45) is 2.94. The molecular formula is C11H22N2O2. The minimum absolute atomic E-state index is 0.00430. The second-order valence-corrected chi connectivity index (χ2v) is 4.67. The monoisotopic (exact) mass is 214 g/mol. The van der Waals surface area contributed by atoms with Crippen LogP contribution >= 0.6 is 0 Å². The molecule has 1 amide bonds. The SMILES string of the molecule is COC(C)CNC(=O)C1(C)CCCC1N. The van der Waals surface area contributed by atoms with E-state index in [1.54, 1.807) is 7.11 Å². The van der Waals surface area contributed by atoms with Gasteiger partial charge in [0.15, 0.2) is 0 Å². The lowest BCUT2D eigenvalue weighted by molar-refractivity contribution is -0.131. The molecule has 4 nitrogen and oxygen atoms in total. The van der Waals surface area contributed by atoms with Crippen molar-refractivity contribution in [2.75, 3.05) is 13.7 Å². The summed E-state index contributed by atoms with van der Waals surface area (Å²) in [5, 5.41) is 2.90. The number of nitrogens with one attached hydrogen (secondary N) is 1. The number of methoxy groups -OCH3 is 1. The van der Waals surface area contributed by atoms with Crippen molar-refractivity contribution in [1.29, 1.82) is 0 Å². The van der Waals surface area contributed by atoms with Crippen LogP contribution in [0.4, 0.5) is 0 Å². The number of carbonyl (C=O) groups is 1. The predicted molar refractivity (Wildman–Crippen MR) is 59.4 cm³/mol. The normalized spacial score (nSPS) is 32.7. The van der Waals surface area contributed by atoms with Crippen LogP contribution < -0.4 is 11.1 Å². The Hall–Kier alpha value is -0.610. The van der Waals surface area contributed by atoms with Gasteiger partial charge in [-0.15, -0.1) is 0 Å². The minimum atomic E-state index is -0.381. The Morgan fingerprint density at radius 3 is 2.87 bits per heavy atom. The molecule has 0 spiro atoms. The quantitative estimate of drug-likeness (QED) is 0.722. The van der Waals surface area contributed by atoms with Crippen molar-refractivity contribution in [3.63, 3.8) is 0 Å². The van der Waals surface area contributed by atoms with Gasteiger partial charge in [-0.05, 0) is 26.7 Å². The van der Waals surface area contributed by atoms with E-state index in [2.05, 4.69) is 5.32 Å². The van der Waals surface area contributed by atoms with E-state index < -0.39 is 0 Å². The van der Waals surface area contributed by atoms with Gasteiger partial charge in [0.05, 0.1) is 11.5 Å². The second-order valence-electron chi connectivity index (χ2n) is 4.67. The van der Waals surface area contributed by atoms with Crippen molar-refractivity contribution in [2.24, 2.45) is 11.1 Å². The second kappa shape index (κ2) is 4.94. The maximum Gasteiger partial charge on any atom is 0.227 e. The predicted octanol–water partition coefficient (Wildman–Crippen LogP) is 0.655. The number of hydrogen-bond donors (Lipinski definition) is 2. The smallest absolute Gasteiger partial charge is 0.227 e. The Balaban J connectivity index is 2.46. The lowest BCUT2D eigenvalue weighted by Gasteiger charge is -2.28. The van der Waals surface area contributed by atoms with E-state index in [1.165, 1.54) is 0 Å². The van der Waals surface area contributed by atoms with Gasteiger partial charge in [-0.25, -0.2) is 0 Å². The van der Waals surface area contributed by atoms with Crippen LogP contribution in [0.3, 0.4) is 0 Å². The topological polar surface area (TPSA) is 64.3 Å². The summed E-state index contributed by atoms with van der Waals surface area (Å²) < 4.78 is 5.08. The molecular weight excluding hydrogens is 192 g/mol. The zero-order valence-electron chi connectivity index (χ0n) is 9.88. The highest BCUT2D eigenvalue weighted by Crippen LogP contribution is 2.36. The molecule has 1 aliphatic carbocycles. The number of ether oxygens (including phenoxy) is 1. The van der Waals surface area contributed by atoms with Gasteiger partial charge in [-0.2, -0.15) is 0 Å². The van der Waals surface area contributed by atoms with Gasteiger partial charge in [-0.3, -0.25) is 4.79 Å². The maximum atomic E-state index is 12.0. The minimum Gasteiger partial charge on any atom is -0.380 e. The summed E-state index contributed by atoms with van der Waals surface area (Å²) in [6.45, 7) is 4.44. The molecule has 0 saturated heterocycles. The van der Waals surface area contributed by atoms with Gasteiger partial charge >= 0.3 is 0 Å². The molecule has 1 aliphatic rings. The Morgan fingerprint density at radius 1 is 1.73 bits per heavy atom. The Kier molecular flexibility index (Phi) is 4.11. The van der Waals surface area contributed by atoms with Gasteiger partial charge in [0.1, 0.15) is 0 Å². The molecule has 0 bridgehead atoms. The first-order valence-electron chi connectivity index (χ1n) is 5.57. The summed E-state index contributed by atoms with van der Waals surface area (Å²) >= 11 is 0. The molecule has 1 fully saturated rings. The maximum absolute atomic E-state index is 12.0. The molecule has 3 unspecified atom stereocenters. The van der Waals surface area contributed by atoms with Crippen LogP contribution in [0.15, 0.2) is 0 Å². The lowest BCUT2D eigenvalue weighted by atomic mass is 9.84.